The molecule has 2 atom stereocenters. The van der Waals surface area contributed by atoms with E-state index < -0.39 is 0 Å². The molecular formula is C16H35N. The van der Waals surface area contributed by atoms with Crippen LogP contribution >= 0.6 is 0 Å². The minimum Gasteiger partial charge on any atom is -0.330 e. The fourth-order valence-corrected chi connectivity index (χ4v) is 2.77. The van der Waals surface area contributed by atoms with E-state index in [1.807, 2.05) is 0 Å². The molecule has 2 N–H and O–H groups in total. The van der Waals surface area contributed by atoms with E-state index in [4.69, 9.17) is 5.73 Å². The molecule has 2 unspecified atom stereocenters. The van der Waals surface area contributed by atoms with Gasteiger partial charge in [-0.15, -0.1) is 0 Å². The minimum atomic E-state index is 0.483. The van der Waals surface area contributed by atoms with E-state index in [-0.39, 0.29) is 0 Å². The second-order valence-electron chi connectivity index (χ2n) is 7.39. The average Bonchev–Trinajstić information content (AvgIpc) is 2.14. The van der Waals surface area contributed by atoms with Gasteiger partial charge in [-0.25, -0.2) is 0 Å². The molecule has 0 aliphatic rings. The third-order valence-electron chi connectivity index (χ3n) is 3.73. The van der Waals surface area contributed by atoms with Crippen LogP contribution in [0.2, 0.25) is 0 Å². The summed E-state index contributed by atoms with van der Waals surface area (Å²) in [4.78, 5) is 0. The maximum atomic E-state index is 5.80. The largest absolute Gasteiger partial charge is 0.330 e. The molecule has 104 valence electrons. The first-order chi connectivity index (χ1) is 7.76. The molecule has 0 bridgehead atoms. The molecule has 0 aliphatic carbocycles. The molecule has 0 saturated carbocycles. The third kappa shape index (κ3) is 9.64. The summed E-state index contributed by atoms with van der Waals surface area (Å²) in [6.45, 7) is 14.9. The van der Waals surface area contributed by atoms with Gasteiger partial charge in [-0.1, -0.05) is 60.8 Å². The minimum absolute atomic E-state index is 0.483. The SMILES string of the molecule is CC(CCCCC(CN)C(C)C)CC(C)(C)C. The number of unbranched alkanes of at least 4 members (excludes halogenated alkanes) is 1. The monoisotopic (exact) mass is 241 g/mol. The first-order valence-corrected chi connectivity index (χ1v) is 7.46. The summed E-state index contributed by atoms with van der Waals surface area (Å²) in [5.41, 5.74) is 6.28. The molecule has 0 fully saturated rings. The highest BCUT2D eigenvalue weighted by atomic mass is 14.5. The molecule has 0 aromatic carbocycles. The van der Waals surface area contributed by atoms with Crippen molar-refractivity contribution in [3.63, 3.8) is 0 Å². The van der Waals surface area contributed by atoms with Gasteiger partial charge in [-0.2, -0.15) is 0 Å². The van der Waals surface area contributed by atoms with Gasteiger partial charge >= 0.3 is 0 Å². The zero-order valence-corrected chi connectivity index (χ0v) is 13.1. The van der Waals surface area contributed by atoms with Gasteiger partial charge in [0.25, 0.3) is 0 Å². The van der Waals surface area contributed by atoms with Crippen LogP contribution in [0.4, 0.5) is 0 Å². The molecule has 1 heteroatoms. The summed E-state index contributed by atoms with van der Waals surface area (Å²) in [7, 11) is 0. The lowest BCUT2D eigenvalue weighted by molar-refractivity contribution is 0.286. The van der Waals surface area contributed by atoms with Crippen molar-refractivity contribution in [2.24, 2.45) is 28.9 Å². The highest BCUT2D eigenvalue weighted by Crippen LogP contribution is 2.27. The second kappa shape index (κ2) is 8.13. The molecule has 1 nitrogen and oxygen atoms in total. The topological polar surface area (TPSA) is 26.0 Å². The zero-order chi connectivity index (χ0) is 13.5. The number of rotatable bonds is 8. The van der Waals surface area contributed by atoms with E-state index in [1.54, 1.807) is 0 Å². The van der Waals surface area contributed by atoms with Crippen LogP contribution in [0.5, 0.6) is 0 Å². The molecule has 0 radical (unpaired) electrons. The molecule has 0 amide bonds. The molecule has 0 spiro atoms. The van der Waals surface area contributed by atoms with E-state index in [2.05, 4.69) is 41.5 Å². The van der Waals surface area contributed by atoms with Crippen LogP contribution in [0.1, 0.15) is 73.6 Å². The summed E-state index contributed by atoms with van der Waals surface area (Å²) < 4.78 is 0. The summed E-state index contributed by atoms with van der Waals surface area (Å²) in [5.74, 6) is 2.34. The molecule has 0 rings (SSSR count). The fraction of sp³-hybridized carbons (Fsp3) is 1.00. The standard InChI is InChI=1S/C16H35N/c1-13(2)15(12-17)10-8-7-9-14(3)11-16(4,5)6/h13-15H,7-12,17H2,1-6H3. The maximum absolute atomic E-state index is 5.80. The number of hydrogen-bond acceptors (Lipinski definition) is 1. The van der Waals surface area contributed by atoms with Crippen molar-refractivity contribution in [1.82, 2.24) is 0 Å². The van der Waals surface area contributed by atoms with Gasteiger partial charge in [0.1, 0.15) is 0 Å². The molecule has 0 aromatic rings. The predicted octanol–water partition coefficient (Wildman–Crippen LogP) is 4.85. The normalized spacial score (nSPS) is 16.2. The van der Waals surface area contributed by atoms with Gasteiger partial charge in [-0.05, 0) is 42.6 Å². The lowest BCUT2D eigenvalue weighted by Crippen LogP contribution is -2.19. The molecule has 17 heavy (non-hydrogen) atoms. The lowest BCUT2D eigenvalue weighted by Gasteiger charge is -2.23. The van der Waals surface area contributed by atoms with Crippen molar-refractivity contribution in [2.75, 3.05) is 6.54 Å². The zero-order valence-electron chi connectivity index (χ0n) is 13.1. The highest BCUT2D eigenvalue weighted by Gasteiger charge is 2.15. The van der Waals surface area contributed by atoms with Crippen LogP contribution in [0.25, 0.3) is 0 Å². The average molecular weight is 241 g/mol. The van der Waals surface area contributed by atoms with Gasteiger partial charge < -0.3 is 5.73 Å². The van der Waals surface area contributed by atoms with Crippen molar-refractivity contribution in [3.05, 3.63) is 0 Å². The Morgan fingerprint density at radius 1 is 0.941 bits per heavy atom. The highest BCUT2D eigenvalue weighted by molar-refractivity contribution is 4.68. The van der Waals surface area contributed by atoms with E-state index in [9.17, 15) is 0 Å². The van der Waals surface area contributed by atoms with E-state index in [0.717, 1.165) is 24.3 Å². The molecule has 0 heterocycles. The third-order valence-corrected chi connectivity index (χ3v) is 3.73. The van der Waals surface area contributed by atoms with Crippen molar-refractivity contribution < 1.29 is 0 Å². The van der Waals surface area contributed by atoms with Gasteiger partial charge in [0.2, 0.25) is 0 Å². The Balaban J connectivity index is 3.63. The Morgan fingerprint density at radius 3 is 1.88 bits per heavy atom. The Hall–Kier alpha value is -0.0400. The van der Waals surface area contributed by atoms with Crippen LogP contribution in [-0.2, 0) is 0 Å². The van der Waals surface area contributed by atoms with Crippen LogP contribution in [0.3, 0.4) is 0 Å². The molecular weight excluding hydrogens is 206 g/mol. The van der Waals surface area contributed by atoms with Gasteiger partial charge in [0, 0.05) is 0 Å². The lowest BCUT2D eigenvalue weighted by atomic mass is 9.83. The van der Waals surface area contributed by atoms with Crippen molar-refractivity contribution in [3.8, 4) is 0 Å². The number of hydrogen-bond donors (Lipinski definition) is 1. The molecule has 0 aliphatic heterocycles. The van der Waals surface area contributed by atoms with Crippen molar-refractivity contribution in [1.29, 1.82) is 0 Å². The first-order valence-electron chi connectivity index (χ1n) is 7.46. The van der Waals surface area contributed by atoms with E-state index in [0.29, 0.717) is 5.41 Å². The van der Waals surface area contributed by atoms with Crippen LogP contribution in [0, 0.1) is 23.2 Å². The maximum Gasteiger partial charge on any atom is -0.00464 e. The fourth-order valence-electron chi connectivity index (χ4n) is 2.77. The molecule has 0 saturated heterocycles. The summed E-state index contributed by atoms with van der Waals surface area (Å²) in [5, 5.41) is 0. The quantitative estimate of drug-likeness (QED) is 0.604. The summed E-state index contributed by atoms with van der Waals surface area (Å²) >= 11 is 0. The smallest absolute Gasteiger partial charge is 0.00464 e. The van der Waals surface area contributed by atoms with Crippen LogP contribution in [0.15, 0.2) is 0 Å². The molecule has 0 aromatic heterocycles. The van der Waals surface area contributed by atoms with E-state index >= 15 is 0 Å². The van der Waals surface area contributed by atoms with Gasteiger partial charge in [0.05, 0.1) is 0 Å². The van der Waals surface area contributed by atoms with Gasteiger partial charge in [-0.3, -0.25) is 0 Å². The van der Waals surface area contributed by atoms with Gasteiger partial charge in [0.15, 0.2) is 0 Å². The Labute approximate surface area is 110 Å². The van der Waals surface area contributed by atoms with Crippen LogP contribution in [-0.4, -0.2) is 6.54 Å². The second-order valence-corrected chi connectivity index (χ2v) is 7.39. The predicted molar refractivity (Wildman–Crippen MR) is 79.1 cm³/mol. The van der Waals surface area contributed by atoms with E-state index in [1.165, 1.54) is 32.1 Å². The summed E-state index contributed by atoms with van der Waals surface area (Å²) in [6, 6.07) is 0. The van der Waals surface area contributed by atoms with Crippen molar-refractivity contribution >= 4 is 0 Å². The first kappa shape index (κ1) is 17.0. The summed E-state index contributed by atoms with van der Waals surface area (Å²) in [6.07, 6.45) is 6.77. The Morgan fingerprint density at radius 2 is 1.47 bits per heavy atom. The van der Waals surface area contributed by atoms with Crippen LogP contribution < -0.4 is 5.73 Å². The Bertz CT molecular complexity index is 178. The Kier molecular flexibility index (Phi) is 8.11. The number of nitrogens with two attached hydrogens (primary N) is 1. The van der Waals surface area contributed by atoms with Crippen molar-refractivity contribution in [2.45, 2.75) is 73.6 Å².